The van der Waals surface area contributed by atoms with E-state index < -0.39 is 0 Å². The minimum atomic E-state index is -0.0474. The minimum Gasteiger partial charge on any atom is -0.273 e. The number of allylic oxidation sites excluding steroid dienone is 1. The van der Waals surface area contributed by atoms with Crippen LogP contribution >= 0.6 is 0 Å². The number of hydrogen-bond donors (Lipinski definition) is 1. The number of rotatable bonds is 5. The molecule has 96 valence electrons. The minimum absolute atomic E-state index is 0.0474. The van der Waals surface area contributed by atoms with Gasteiger partial charge in [0.2, 0.25) is 5.91 Å². The second-order valence-corrected chi connectivity index (χ2v) is 4.69. The van der Waals surface area contributed by atoms with Gasteiger partial charge in [-0.15, -0.1) is 0 Å². The van der Waals surface area contributed by atoms with E-state index in [1.54, 1.807) is 6.21 Å². The highest BCUT2D eigenvalue weighted by Gasteiger charge is 2.01. The lowest BCUT2D eigenvalue weighted by atomic mass is 10.1. The van der Waals surface area contributed by atoms with Crippen LogP contribution in [0.1, 0.15) is 32.8 Å². The first-order valence-electron chi connectivity index (χ1n) is 6.13. The molecule has 0 aliphatic heterocycles. The Morgan fingerprint density at radius 2 is 2.00 bits per heavy atom. The van der Waals surface area contributed by atoms with Gasteiger partial charge in [-0.3, -0.25) is 4.79 Å². The first-order chi connectivity index (χ1) is 8.58. The third kappa shape index (κ3) is 5.99. The number of amides is 1. The maximum Gasteiger partial charge on any atom is 0.240 e. The summed E-state index contributed by atoms with van der Waals surface area (Å²) in [6.07, 6.45) is 4.17. The van der Waals surface area contributed by atoms with Crippen molar-refractivity contribution in [3.8, 4) is 0 Å². The summed E-state index contributed by atoms with van der Waals surface area (Å²) < 4.78 is 0. The van der Waals surface area contributed by atoms with Crippen LogP contribution in [0, 0.1) is 5.92 Å². The molecule has 1 rings (SSSR count). The summed E-state index contributed by atoms with van der Waals surface area (Å²) in [7, 11) is 0. The van der Waals surface area contributed by atoms with Crippen LogP contribution in [0.25, 0.3) is 6.08 Å². The van der Waals surface area contributed by atoms with E-state index in [1.165, 1.54) is 0 Å². The van der Waals surface area contributed by atoms with Gasteiger partial charge in [-0.1, -0.05) is 50.3 Å². The van der Waals surface area contributed by atoms with Gasteiger partial charge < -0.3 is 0 Å². The van der Waals surface area contributed by atoms with Crippen molar-refractivity contribution >= 4 is 18.2 Å². The zero-order chi connectivity index (χ0) is 13.4. The molecule has 0 unspecified atom stereocenters. The summed E-state index contributed by atoms with van der Waals surface area (Å²) in [5.74, 6) is 0.301. The highest BCUT2D eigenvalue weighted by molar-refractivity contribution is 5.86. The lowest BCUT2D eigenvalue weighted by Crippen LogP contribution is -2.19. The molecule has 0 saturated carbocycles. The molecule has 3 nitrogen and oxygen atoms in total. The number of benzene rings is 1. The molecular weight excluding hydrogens is 224 g/mol. The Labute approximate surface area is 109 Å². The highest BCUT2D eigenvalue weighted by Crippen LogP contribution is 2.04. The van der Waals surface area contributed by atoms with Gasteiger partial charge in [0.05, 0.1) is 6.21 Å². The topological polar surface area (TPSA) is 41.5 Å². The molecule has 0 atom stereocenters. The van der Waals surface area contributed by atoms with E-state index in [4.69, 9.17) is 0 Å². The van der Waals surface area contributed by atoms with Crippen molar-refractivity contribution in [3.63, 3.8) is 0 Å². The summed E-state index contributed by atoms with van der Waals surface area (Å²) >= 11 is 0. The largest absolute Gasteiger partial charge is 0.273 e. The van der Waals surface area contributed by atoms with Crippen LogP contribution in [-0.2, 0) is 4.79 Å². The van der Waals surface area contributed by atoms with Gasteiger partial charge in [0, 0.05) is 6.42 Å². The second kappa shape index (κ2) is 7.43. The van der Waals surface area contributed by atoms with Crippen LogP contribution in [0.15, 0.2) is 41.0 Å². The molecule has 0 fully saturated rings. The average Bonchev–Trinajstić information content (AvgIpc) is 2.29. The Morgan fingerprint density at radius 1 is 1.33 bits per heavy atom. The van der Waals surface area contributed by atoms with E-state index in [9.17, 15) is 4.79 Å². The Kier molecular flexibility index (Phi) is 5.85. The third-order valence-corrected chi connectivity index (χ3v) is 2.24. The number of nitrogens with one attached hydrogen (secondary N) is 1. The molecule has 18 heavy (non-hydrogen) atoms. The molecule has 1 aromatic carbocycles. The standard InChI is InChI=1S/C15H20N2O/c1-12(2)9-15(18)17-16-11-13(3)10-14-7-5-4-6-8-14/h4-8,10-12H,9H2,1-3H3,(H,17,18). The van der Waals surface area contributed by atoms with Crippen molar-refractivity contribution in [1.29, 1.82) is 0 Å². The Balaban J connectivity index is 2.47. The molecule has 1 N–H and O–H groups in total. The summed E-state index contributed by atoms with van der Waals surface area (Å²) in [6.45, 7) is 5.96. The molecule has 0 aliphatic rings. The molecule has 0 aliphatic carbocycles. The second-order valence-electron chi connectivity index (χ2n) is 4.69. The number of carbonyl (C=O) groups is 1. The highest BCUT2D eigenvalue weighted by atomic mass is 16.2. The zero-order valence-electron chi connectivity index (χ0n) is 11.2. The number of hydrogen-bond acceptors (Lipinski definition) is 2. The van der Waals surface area contributed by atoms with Crippen LogP contribution in [0.2, 0.25) is 0 Å². The molecule has 0 aromatic heterocycles. The number of hydrazone groups is 1. The van der Waals surface area contributed by atoms with Gasteiger partial charge in [-0.05, 0) is 24.0 Å². The fourth-order valence-electron chi connectivity index (χ4n) is 1.47. The molecular formula is C15H20N2O. The van der Waals surface area contributed by atoms with Crippen molar-refractivity contribution in [2.45, 2.75) is 27.2 Å². The molecule has 0 bridgehead atoms. The van der Waals surface area contributed by atoms with Crippen LogP contribution in [0.3, 0.4) is 0 Å². The Morgan fingerprint density at radius 3 is 2.61 bits per heavy atom. The van der Waals surface area contributed by atoms with Gasteiger partial charge in [0.1, 0.15) is 0 Å². The van der Waals surface area contributed by atoms with E-state index in [0.717, 1.165) is 11.1 Å². The summed E-state index contributed by atoms with van der Waals surface area (Å²) in [6, 6.07) is 10.00. The van der Waals surface area contributed by atoms with Gasteiger partial charge in [-0.2, -0.15) is 5.10 Å². The summed E-state index contributed by atoms with van der Waals surface area (Å²) in [5, 5.41) is 3.93. The van der Waals surface area contributed by atoms with E-state index in [1.807, 2.05) is 57.2 Å². The van der Waals surface area contributed by atoms with E-state index >= 15 is 0 Å². The fraction of sp³-hybridized carbons (Fsp3) is 0.333. The molecule has 0 saturated heterocycles. The quantitative estimate of drug-likeness (QED) is 0.627. The zero-order valence-corrected chi connectivity index (χ0v) is 11.2. The summed E-state index contributed by atoms with van der Waals surface area (Å²) in [5.41, 5.74) is 4.63. The first-order valence-corrected chi connectivity index (χ1v) is 6.13. The fourth-order valence-corrected chi connectivity index (χ4v) is 1.47. The van der Waals surface area contributed by atoms with Gasteiger partial charge in [0.15, 0.2) is 0 Å². The van der Waals surface area contributed by atoms with Crippen molar-refractivity contribution in [1.82, 2.24) is 5.43 Å². The molecule has 0 spiro atoms. The van der Waals surface area contributed by atoms with E-state index in [0.29, 0.717) is 12.3 Å². The van der Waals surface area contributed by atoms with E-state index in [-0.39, 0.29) is 5.91 Å². The van der Waals surface area contributed by atoms with Crippen molar-refractivity contribution in [2.75, 3.05) is 0 Å². The maximum atomic E-state index is 11.3. The van der Waals surface area contributed by atoms with Crippen LogP contribution in [0.5, 0.6) is 0 Å². The van der Waals surface area contributed by atoms with Crippen LogP contribution in [-0.4, -0.2) is 12.1 Å². The monoisotopic (exact) mass is 244 g/mol. The lowest BCUT2D eigenvalue weighted by molar-refractivity contribution is -0.121. The maximum absolute atomic E-state index is 11.3. The molecule has 1 aromatic rings. The van der Waals surface area contributed by atoms with Crippen LogP contribution < -0.4 is 5.43 Å². The van der Waals surface area contributed by atoms with Gasteiger partial charge in [-0.25, -0.2) is 5.43 Å². The van der Waals surface area contributed by atoms with Crippen LogP contribution in [0.4, 0.5) is 0 Å². The van der Waals surface area contributed by atoms with Crippen molar-refractivity contribution in [3.05, 3.63) is 41.5 Å². The predicted molar refractivity (Wildman–Crippen MR) is 76.2 cm³/mol. The predicted octanol–water partition coefficient (Wildman–Crippen LogP) is 3.24. The van der Waals surface area contributed by atoms with E-state index in [2.05, 4.69) is 10.5 Å². The number of nitrogens with zero attached hydrogens (tertiary/aromatic N) is 1. The molecule has 0 radical (unpaired) electrons. The molecule has 3 heteroatoms. The Hall–Kier alpha value is -1.90. The summed E-state index contributed by atoms with van der Waals surface area (Å²) in [4.78, 5) is 11.3. The van der Waals surface area contributed by atoms with Crippen molar-refractivity contribution < 1.29 is 4.79 Å². The SMILES string of the molecule is CC(C=NNC(=O)CC(C)C)=Cc1ccccc1. The normalized spacial score (nSPS) is 12.1. The Bertz CT molecular complexity index is 433. The molecule has 0 heterocycles. The average molecular weight is 244 g/mol. The van der Waals surface area contributed by atoms with Crippen molar-refractivity contribution in [2.24, 2.45) is 11.0 Å². The first kappa shape index (κ1) is 14.2. The smallest absolute Gasteiger partial charge is 0.240 e. The van der Waals surface area contributed by atoms with Gasteiger partial charge >= 0.3 is 0 Å². The van der Waals surface area contributed by atoms with Gasteiger partial charge in [0.25, 0.3) is 0 Å². The lowest BCUT2D eigenvalue weighted by Gasteiger charge is -2.01. The number of carbonyl (C=O) groups excluding carboxylic acids is 1. The third-order valence-electron chi connectivity index (χ3n) is 2.24. The molecule has 1 amide bonds.